The van der Waals surface area contributed by atoms with Crippen LogP contribution in [0.15, 0.2) is 12.2 Å². The van der Waals surface area contributed by atoms with E-state index in [0.29, 0.717) is 6.92 Å². The minimum atomic E-state index is -8.47. The van der Waals surface area contributed by atoms with Gasteiger partial charge in [0.05, 0.1) is 0 Å². The Morgan fingerprint density at radius 1 is 0.700 bits per heavy atom. The molecule has 0 N–H and O–H groups in total. The number of hydrogen-bond acceptors (Lipinski definition) is 2. The first-order valence-electron chi connectivity index (χ1n) is 6.60. The van der Waals surface area contributed by atoms with Crippen molar-refractivity contribution in [3.05, 3.63) is 12.2 Å². The van der Waals surface area contributed by atoms with Crippen LogP contribution in [0.1, 0.15) is 6.92 Å². The van der Waals surface area contributed by atoms with Crippen LogP contribution in [0.5, 0.6) is 0 Å². The van der Waals surface area contributed by atoms with E-state index in [1.165, 1.54) is 0 Å². The van der Waals surface area contributed by atoms with Crippen LogP contribution in [0, 0.1) is 0 Å². The number of hydrogen-bond donors (Lipinski definition) is 0. The van der Waals surface area contributed by atoms with Crippen molar-refractivity contribution in [3.63, 3.8) is 0 Å². The number of esters is 1. The molecule has 0 spiro atoms. The number of alkyl halides is 16. The molecule has 0 aliphatic rings. The summed E-state index contributed by atoms with van der Waals surface area (Å²) < 4.78 is 208. The molecule has 0 aliphatic heterocycles. The highest BCUT2D eigenvalue weighted by atomic mass is 19.4. The summed E-state index contributed by atoms with van der Waals surface area (Å²) in [5, 5.41) is 0. The van der Waals surface area contributed by atoms with Crippen LogP contribution in [0.2, 0.25) is 0 Å². The van der Waals surface area contributed by atoms with Crippen molar-refractivity contribution in [2.45, 2.75) is 55.0 Å². The molecule has 0 aliphatic carbocycles. The molecule has 1 atom stereocenters. The molecule has 0 saturated heterocycles. The number of rotatable bonds is 8. The third kappa shape index (κ3) is 4.00. The minimum Gasteiger partial charge on any atom is -0.395 e. The van der Waals surface area contributed by atoms with E-state index in [9.17, 15) is 75.0 Å². The van der Waals surface area contributed by atoms with Crippen LogP contribution >= 0.6 is 0 Å². The van der Waals surface area contributed by atoms with E-state index in [2.05, 4.69) is 11.3 Å². The second kappa shape index (κ2) is 7.35. The van der Waals surface area contributed by atoms with Gasteiger partial charge in [0.1, 0.15) is 0 Å². The Hall–Kier alpha value is -1.91. The molecule has 178 valence electrons. The van der Waals surface area contributed by atoms with Crippen LogP contribution in [-0.4, -0.2) is 54.0 Å². The Bertz CT molecular complexity index is 676. The highest BCUT2D eigenvalue weighted by Gasteiger charge is 2.92. The molecule has 0 aromatic rings. The lowest BCUT2D eigenvalue weighted by atomic mass is 9.91. The van der Waals surface area contributed by atoms with E-state index in [0.717, 1.165) is 0 Å². The first-order valence-corrected chi connectivity index (χ1v) is 6.60. The first-order chi connectivity index (χ1) is 12.7. The summed E-state index contributed by atoms with van der Waals surface area (Å²) in [5.41, 5.74) is -1.13. The molecular formula is C12H6F16O2. The van der Waals surface area contributed by atoms with Gasteiger partial charge >= 0.3 is 47.9 Å². The first kappa shape index (κ1) is 28.1. The number of carbonyl (C=O) groups excluding carboxylic acids is 1. The van der Waals surface area contributed by atoms with E-state index in [1.807, 2.05) is 0 Å². The molecule has 0 amide bonds. The summed E-state index contributed by atoms with van der Waals surface area (Å²) >= 11 is 0. The maximum absolute atomic E-state index is 13.3. The van der Waals surface area contributed by atoms with E-state index in [-0.39, 0.29) is 0 Å². The zero-order valence-corrected chi connectivity index (χ0v) is 13.6. The fraction of sp³-hybridized carbons (Fsp3) is 0.750. The molecule has 0 rings (SSSR count). The standard InChI is InChI=1S/C12H6F16O2/c1-3(2)4(29)30-7(16,17)5(13)6(14,15)8(18,19)9(20,21)10(22,23)11(24,25)12(26,27)28/h5H,1H2,2H3. The summed E-state index contributed by atoms with van der Waals surface area (Å²) in [6.45, 7) is 3.06. The zero-order chi connectivity index (χ0) is 24.9. The van der Waals surface area contributed by atoms with Gasteiger partial charge in [0.25, 0.3) is 6.17 Å². The van der Waals surface area contributed by atoms with Crippen LogP contribution in [0.3, 0.4) is 0 Å². The van der Waals surface area contributed by atoms with E-state index >= 15 is 0 Å². The van der Waals surface area contributed by atoms with E-state index in [4.69, 9.17) is 0 Å². The van der Waals surface area contributed by atoms with Gasteiger partial charge in [-0.15, -0.1) is 0 Å². The molecule has 0 fully saturated rings. The highest BCUT2D eigenvalue weighted by molar-refractivity contribution is 5.87. The quantitative estimate of drug-likeness (QED) is 0.247. The van der Waals surface area contributed by atoms with Crippen molar-refractivity contribution < 1.29 is 79.8 Å². The average Bonchev–Trinajstić information content (AvgIpc) is 2.51. The van der Waals surface area contributed by atoms with Gasteiger partial charge in [0, 0.05) is 5.57 Å². The van der Waals surface area contributed by atoms with Gasteiger partial charge in [-0.05, 0) is 6.92 Å². The van der Waals surface area contributed by atoms with Gasteiger partial charge in [0.15, 0.2) is 0 Å². The van der Waals surface area contributed by atoms with E-state index in [1.54, 1.807) is 0 Å². The van der Waals surface area contributed by atoms with Crippen LogP contribution in [0.25, 0.3) is 0 Å². The summed E-state index contributed by atoms with van der Waals surface area (Å²) in [7, 11) is 0. The predicted octanol–water partition coefficient (Wildman–Crippen LogP) is 5.78. The Morgan fingerprint density at radius 2 is 1.03 bits per heavy atom. The summed E-state index contributed by atoms with van der Waals surface area (Å²) in [4.78, 5) is 10.7. The summed E-state index contributed by atoms with van der Waals surface area (Å²) in [6.07, 6.45) is -20.3. The van der Waals surface area contributed by atoms with Crippen LogP contribution in [0.4, 0.5) is 70.2 Å². The Balaban J connectivity index is 6.43. The highest BCUT2D eigenvalue weighted by Crippen LogP contribution is 2.61. The largest absolute Gasteiger partial charge is 0.460 e. The molecule has 30 heavy (non-hydrogen) atoms. The van der Waals surface area contributed by atoms with Crippen molar-refractivity contribution >= 4 is 5.97 Å². The molecular weight excluding hydrogens is 480 g/mol. The van der Waals surface area contributed by atoms with Gasteiger partial charge < -0.3 is 4.74 Å². The lowest BCUT2D eigenvalue weighted by Crippen LogP contribution is -2.72. The maximum atomic E-state index is 13.3. The lowest BCUT2D eigenvalue weighted by molar-refractivity contribution is -0.449. The van der Waals surface area contributed by atoms with Crippen LogP contribution < -0.4 is 0 Å². The van der Waals surface area contributed by atoms with Gasteiger partial charge in [-0.2, -0.15) is 65.9 Å². The molecule has 0 radical (unpaired) electrons. The topological polar surface area (TPSA) is 26.3 Å². The molecule has 0 aromatic carbocycles. The molecule has 0 heterocycles. The van der Waals surface area contributed by atoms with E-state index < -0.39 is 59.6 Å². The Kier molecular flexibility index (Phi) is 6.88. The van der Waals surface area contributed by atoms with Gasteiger partial charge in [0.2, 0.25) is 0 Å². The SMILES string of the molecule is C=C(C)C(=O)OC(F)(F)C(F)C(F)(F)C(F)(F)C(F)(F)C(F)(F)C(F)(F)C(F)(F)F. The normalized spacial score (nSPS) is 16.3. The third-order valence-corrected chi connectivity index (χ3v) is 3.15. The number of carbonyl (C=O) groups is 1. The van der Waals surface area contributed by atoms with Gasteiger partial charge in [-0.1, -0.05) is 6.58 Å². The zero-order valence-electron chi connectivity index (χ0n) is 13.6. The van der Waals surface area contributed by atoms with Crippen molar-refractivity contribution in [1.29, 1.82) is 0 Å². The Morgan fingerprint density at radius 3 is 1.33 bits per heavy atom. The van der Waals surface area contributed by atoms with Crippen LogP contribution in [-0.2, 0) is 9.53 Å². The molecule has 0 saturated carbocycles. The molecule has 0 aromatic heterocycles. The summed E-state index contributed by atoms with van der Waals surface area (Å²) in [6, 6.07) is 0. The van der Waals surface area contributed by atoms with Crippen molar-refractivity contribution in [2.24, 2.45) is 0 Å². The lowest BCUT2D eigenvalue weighted by Gasteiger charge is -2.40. The van der Waals surface area contributed by atoms with Crippen molar-refractivity contribution in [2.75, 3.05) is 0 Å². The molecule has 0 bridgehead atoms. The monoisotopic (exact) mass is 486 g/mol. The fourth-order valence-electron chi connectivity index (χ4n) is 1.41. The van der Waals surface area contributed by atoms with Gasteiger partial charge in [-0.3, -0.25) is 0 Å². The minimum absolute atomic E-state index is 0.506. The van der Waals surface area contributed by atoms with Crippen molar-refractivity contribution in [3.8, 4) is 0 Å². The number of ether oxygens (including phenoxy) is 1. The second-order valence-electron chi connectivity index (χ2n) is 5.51. The fourth-order valence-corrected chi connectivity index (χ4v) is 1.41. The molecule has 1 unspecified atom stereocenters. The maximum Gasteiger partial charge on any atom is 0.460 e. The Labute approximate surface area is 154 Å². The molecule has 18 heteroatoms. The van der Waals surface area contributed by atoms with Gasteiger partial charge in [-0.25, -0.2) is 9.18 Å². The molecule has 2 nitrogen and oxygen atoms in total. The smallest absolute Gasteiger partial charge is 0.395 e. The summed E-state index contributed by atoms with van der Waals surface area (Å²) in [5.74, 6) is -43.6. The second-order valence-corrected chi connectivity index (χ2v) is 5.51. The van der Waals surface area contributed by atoms with Crippen molar-refractivity contribution in [1.82, 2.24) is 0 Å². The average molecular weight is 486 g/mol. The predicted molar refractivity (Wildman–Crippen MR) is 61.5 cm³/mol. The third-order valence-electron chi connectivity index (χ3n) is 3.15. The number of halogens is 16.